The van der Waals surface area contributed by atoms with Gasteiger partial charge in [-0.05, 0) is 55.1 Å². The number of nitrogens with one attached hydrogen (secondary N) is 3. The predicted molar refractivity (Wildman–Crippen MR) is 181 cm³/mol. The van der Waals surface area contributed by atoms with E-state index in [4.69, 9.17) is 13.9 Å². The molecule has 3 amide bonds. The van der Waals surface area contributed by atoms with E-state index in [-0.39, 0.29) is 58.2 Å². The number of nitrogens with zero attached hydrogens (tertiary/aromatic N) is 1. The van der Waals surface area contributed by atoms with Gasteiger partial charge in [-0.2, -0.15) is 0 Å². The van der Waals surface area contributed by atoms with Gasteiger partial charge in [-0.3, -0.25) is 24.5 Å². The van der Waals surface area contributed by atoms with Gasteiger partial charge < -0.3 is 29.9 Å². The zero-order valence-electron chi connectivity index (χ0n) is 28.8. The van der Waals surface area contributed by atoms with Crippen LogP contribution >= 0.6 is 11.8 Å². The van der Waals surface area contributed by atoms with Crippen molar-refractivity contribution < 1.29 is 38.0 Å². The van der Waals surface area contributed by atoms with Gasteiger partial charge >= 0.3 is 6.09 Å². The SMILES string of the molecule is CC(C)[C@H](NC(=O)OCc1ccc([N+](=O)[O-])cc1)C(=O)NC[C@H]1OCC[C@H]1SC(=O)[C@H](C)[C@H]1NC(=O)[C@@H]1[C@@H](C)O[Si](C)(C)C(C)(C)C. The summed E-state index contributed by atoms with van der Waals surface area (Å²) in [4.78, 5) is 61.9. The summed E-state index contributed by atoms with van der Waals surface area (Å²) in [5, 5.41) is 18.9. The Labute approximate surface area is 282 Å². The summed E-state index contributed by atoms with van der Waals surface area (Å²) in [5.41, 5.74) is 0.490. The van der Waals surface area contributed by atoms with Crippen LogP contribution in [-0.2, 0) is 34.9 Å². The van der Waals surface area contributed by atoms with Crippen LogP contribution in [0.4, 0.5) is 10.5 Å². The molecule has 3 N–H and O–H groups in total. The van der Waals surface area contributed by atoms with E-state index in [0.29, 0.717) is 18.6 Å². The normalized spacial score (nSPS) is 23.2. The number of ether oxygens (including phenoxy) is 2. The summed E-state index contributed by atoms with van der Waals surface area (Å²) >= 11 is 1.19. The minimum atomic E-state index is -2.11. The van der Waals surface area contributed by atoms with Crippen molar-refractivity contribution in [2.75, 3.05) is 13.2 Å². The van der Waals surface area contributed by atoms with Gasteiger partial charge in [-0.15, -0.1) is 0 Å². The maximum atomic E-state index is 13.4. The Bertz CT molecular complexity index is 1300. The summed E-state index contributed by atoms with van der Waals surface area (Å²) in [5.74, 6) is -1.61. The molecule has 0 saturated carbocycles. The van der Waals surface area contributed by atoms with Crippen molar-refractivity contribution in [1.82, 2.24) is 16.0 Å². The van der Waals surface area contributed by atoms with E-state index in [1.165, 1.54) is 36.0 Å². The van der Waals surface area contributed by atoms with Crippen LogP contribution in [0, 0.1) is 27.9 Å². The van der Waals surface area contributed by atoms with Crippen molar-refractivity contribution in [3.05, 3.63) is 39.9 Å². The molecule has 0 spiro atoms. The molecule has 2 aliphatic heterocycles. The lowest BCUT2D eigenvalue weighted by Gasteiger charge is -2.46. The molecule has 1 aromatic carbocycles. The molecule has 13 nitrogen and oxygen atoms in total. The number of hydrogen-bond acceptors (Lipinski definition) is 10. The van der Waals surface area contributed by atoms with Crippen LogP contribution in [0.2, 0.25) is 18.1 Å². The average Bonchev–Trinajstić information content (AvgIpc) is 3.41. The smallest absolute Gasteiger partial charge is 0.408 e. The molecule has 15 heteroatoms. The first kappa shape index (κ1) is 38.4. The van der Waals surface area contributed by atoms with Gasteiger partial charge in [0.05, 0.1) is 29.1 Å². The lowest BCUT2D eigenvalue weighted by atomic mass is 9.79. The van der Waals surface area contributed by atoms with Crippen LogP contribution in [0.5, 0.6) is 0 Å². The number of hydrogen-bond donors (Lipinski definition) is 3. The molecular weight excluding hydrogens is 645 g/mol. The standard InChI is InChI=1S/C32H50N4O9SSi/c1-18(2)26(35-31(40)44-17-21-10-12-22(13-11-21)36(41)42)29(38)33-16-23-24(14-15-43-23)46-30(39)19(3)27-25(28(37)34-27)20(4)45-47(8,9)32(5,6)7/h10-13,18-20,23-27H,14-17H2,1-9H3,(H,33,38)(H,34,37)(H,35,40)/t19-,20-,23-,24-,25-,26+,27-/m1/s1. The molecule has 7 atom stereocenters. The maximum absolute atomic E-state index is 13.4. The van der Waals surface area contributed by atoms with Crippen molar-refractivity contribution in [2.45, 2.75) is 109 Å². The van der Waals surface area contributed by atoms with Gasteiger partial charge in [0.25, 0.3) is 5.69 Å². The maximum Gasteiger partial charge on any atom is 0.408 e. The summed E-state index contributed by atoms with van der Waals surface area (Å²) in [7, 11) is -2.11. The zero-order chi connectivity index (χ0) is 35.3. The number of thioether (sulfide) groups is 1. The fraction of sp³-hybridized carbons (Fsp3) is 0.688. The van der Waals surface area contributed by atoms with E-state index in [2.05, 4.69) is 49.8 Å². The number of carbonyl (C=O) groups is 4. The molecule has 47 heavy (non-hydrogen) atoms. The first-order valence-corrected chi connectivity index (χ1v) is 19.9. The largest absolute Gasteiger partial charge is 0.445 e. The average molecular weight is 695 g/mol. The fourth-order valence-electron chi connectivity index (χ4n) is 5.31. The van der Waals surface area contributed by atoms with E-state index >= 15 is 0 Å². The highest BCUT2D eigenvalue weighted by molar-refractivity contribution is 8.14. The molecule has 2 aliphatic rings. The van der Waals surface area contributed by atoms with E-state index in [1.54, 1.807) is 13.8 Å². The lowest BCUT2D eigenvalue weighted by Crippen LogP contribution is -2.66. The van der Waals surface area contributed by atoms with Crippen LogP contribution in [-0.4, -0.2) is 79.0 Å². The van der Waals surface area contributed by atoms with Crippen molar-refractivity contribution >= 4 is 48.8 Å². The Morgan fingerprint density at radius 1 is 1.15 bits per heavy atom. The van der Waals surface area contributed by atoms with E-state index in [9.17, 15) is 29.3 Å². The van der Waals surface area contributed by atoms with E-state index in [0.717, 1.165) is 0 Å². The summed E-state index contributed by atoms with van der Waals surface area (Å²) in [6.07, 6.45) is -0.882. The molecule has 0 aliphatic carbocycles. The molecule has 3 rings (SSSR count). The van der Waals surface area contributed by atoms with Gasteiger partial charge in [0.15, 0.2) is 13.4 Å². The van der Waals surface area contributed by atoms with Crippen LogP contribution < -0.4 is 16.0 Å². The molecule has 2 fully saturated rings. The monoisotopic (exact) mass is 694 g/mol. The number of carbonyl (C=O) groups excluding carboxylic acids is 4. The summed E-state index contributed by atoms with van der Waals surface area (Å²) in [6.45, 7) is 18.5. The highest BCUT2D eigenvalue weighted by Crippen LogP contribution is 2.40. The molecular formula is C32H50N4O9SSi. The van der Waals surface area contributed by atoms with E-state index < -0.39 is 49.2 Å². The fourth-order valence-corrected chi connectivity index (χ4v) is 7.94. The molecule has 262 valence electrons. The van der Waals surface area contributed by atoms with Crippen LogP contribution in [0.15, 0.2) is 24.3 Å². The molecule has 0 bridgehead atoms. The zero-order valence-corrected chi connectivity index (χ0v) is 30.6. The number of β-lactam (4-membered cyclic amide) rings is 1. The third kappa shape index (κ3) is 10.00. The number of amides is 3. The Kier molecular flexibility index (Phi) is 13.0. The first-order valence-electron chi connectivity index (χ1n) is 16.1. The second kappa shape index (κ2) is 15.9. The summed E-state index contributed by atoms with van der Waals surface area (Å²) < 4.78 is 17.6. The quantitative estimate of drug-likeness (QED) is 0.109. The van der Waals surface area contributed by atoms with Crippen molar-refractivity contribution in [2.24, 2.45) is 17.8 Å². The van der Waals surface area contributed by atoms with Gasteiger partial charge in [0.2, 0.25) is 11.8 Å². The van der Waals surface area contributed by atoms with Gasteiger partial charge in [-0.1, -0.05) is 53.3 Å². The molecule has 1 aromatic rings. The number of alkyl carbamates (subject to hydrolysis) is 1. The Morgan fingerprint density at radius 2 is 1.79 bits per heavy atom. The number of benzene rings is 1. The van der Waals surface area contributed by atoms with Crippen molar-refractivity contribution in [1.29, 1.82) is 0 Å². The number of non-ortho nitro benzene ring substituents is 1. The third-order valence-corrected chi connectivity index (χ3v) is 15.4. The van der Waals surface area contributed by atoms with Crippen molar-refractivity contribution in [3.8, 4) is 0 Å². The molecule has 2 saturated heterocycles. The van der Waals surface area contributed by atoms with Gasteiger partial charge in [0, 0.05) is 36.5 Å². The highest BCUT2D eigenvalue weighted by atomic mass is 32.2. The Balaban J connectivity index is 1.50. The first-order chi connectivity index (χ1) is 21.8. The lowest BCUT2D eigenvalue weighted by molar-refractivity contribution is -0.384. The van der Waals surface area contributed by atoms with Crippen LogP contribution in [0.1, 0.15) is 60.5 Å². The summed E-state index contributed by atoms with van der Waals surface area (Å²) in [6, 6.07) is 4.42. The molecule has 0 aromatic heterocycles. The Hall–Kier alpha value is -3.01. The molecule has 0 radical (unpaired) electrons. The van der Waals surface area contributed by atoms with Crippen molar-refractivity contribution in [3.63, 3.8) is 0 Å². The van der Waals surface area contributed by atoms with Gasteiger partial charge in [-0.25, -0.2) is 4.79 Å². The predicted octanol–water partition coefficient (Wildman–Crippen LogP) is 4.54. The third-order valence-electron chi connectivity index (χ3n) is 9.34. The second-order valence-electron chi connectivity index (χ2n) is 14.2. The highest BCUT2D eigenvalue weighted by Gasteiger charge is 2.51. The van der Waals surface area contributed by atoms with Crippen LogP contribution in [0.3, 0.4) is 0 Å². The second-order valence-corrected chi connectivity index (χ2v) is 20.2. The number of nitro benzene ring substituents is 1. The number of nitro groups is 1. The Morgan fingerprint density at radius 3 is 2.34 bits per heavy atom. The minimum absolute atomic E-state index is 0.00707. The number of rotatable bonds is 14. The van der Waals surface area contributed by atoms with Gasteiger partial charge in [0.1, 0.15) is 12.6 Å². The molecule has 2 heterocycles. The molecule has 0 unspecified atom stereocenters. The minimum Gasteiger partial charge on any atom is -0.445 e. The topological polar surface area (TPSA) is 175 Å². The van der Waals surface area contributed by atoms with Crippen LogP contribution in [0.25, 0.3) is 0 Å². The van der Waals surface area contributed by atoms with E-state index in [1.807, 2.05) is 13.8 Å².